The van der Waals surface area contributed by atoms with Crippen LogP contribution in [-0.2, 0) is 11.2 Å². The molecule has 3 atom stereocenters. The number of ether oxygens (including phenoxy) is 1. The van der Waals surface area contributed by atoms with Gasteiger partial charge in [0.15, 0.2) is 0 Å². The molecule has 3 rings (SSSR count). The molecule has 1 fully saturated rings. The van der Waals surface area contributed by atoms with Crippen LogP contribution in [0.2, 0.25) is 0 Å². The van der Waals surface area contributed by atoms with Crippen molar-refractivity contribution in [1.29, 1.82) is 0 Å². The highest BCUT2D eigenvalue weighted by atomic mass is 16.5. The molecule has 0 bridgehead atoms. The van der Waals surface area contributed by atoms with Crippen LogP contribution in [0, 0.1) is 0 Å². The molecule has 1 saturated carbocycles. The zero-order chi connectivity index (χ0) is 13.8. The normalized spacial score (nSPS) is 30.6. The van der Waals surface area contributed by atoms with Gasteiger partial charge in [0, 0.05) is 12.6 Å². The molecule has 1 aromatic carbocycles. The number of rotatable bonds is 3. The summed E-state index contributed by atoms with van der Waals surface area (Å²) in [5.74, 6) is 0. The minimum Gasteiger partial charge on any atom is -0.392 e. The predicted molar refractivity (Wildman–Crippen MR) is 79.7 cm³/mol. The summed E-state index contributed by atoms with van der Waals surface area (Å²) >= 11 is 0. The van der Waals surface area contributed by atoms with Gasteiger partial charge in [-0.2, -0.15) is 0 Å². The number of aliphatic hydroxyl groups is 1. The fraction of sp³-hybridized carbons (Fsp3) is 0.647. The third-order valence-corrected chi connectivity index (χ3v) is 4.64. The van der Waals surface area contributed by atoms with Crippen molar-refractivity contribution in [3.05, 3.63) is 35.4 Å². The van der Waals surface area contributed by atoms with E-state index in [4.69, 9.17) is 4.74 Å². The van der Waals surface area contributed by atoms with Crippen molar-refractivity contribution >= 4 is 0 Å². The van der Waals surface area contributed by atoms with Crippen LogP contribution in [0.3, 0.4) is 0 Å². The summed E-state index contributed by atoms with van der Waals surface area (Å²) in [6, 6.07) is 8.79. The molecule has 2 N–H and O–H groups in total. The molecule has 0 amide bonds. The van der Waals surface area contributed by atoms with E-state index in [1.165, 1.54) is 24.0 Å². The smallest absolute Gasteiger partial charge is 0.0952 e. The van der Waals surface area contributed by atoms with Gasteiger partial charge < -0.3 is 15.2 Å². The zero-order valence-corrected chi connectivity index (χ0v) is 12.1. The molecule has 1 aliphatic heterocycles. The van der Waals surface area contributed by atoms with E-state index in [2.05, 4.69) is 29.6 Å². The van der Waals surface area contributed by atoms with Crippen LogP contribution in [0.1, 0.15) is 49.3 Å². The summed E-state index contributed by atoms with van der Waals surface area (Å²) in [7, 11) is 0. The van der Waals surface area contributed by atoms with E-state index in [0.29, 0.717) is 0 Å². The average molecular weight is 275 g/mol. The lowest BCUT2D eigenvalue weighted by Gasteiger charge is -2.29. The maximum absolute atomic E-state index is 10.2. The molecule has 3 heteroatoms. The Hall–Kier alpha value is -0.900. The van der Waals surface area contributed by atoms with Crippen molar-refractivity contribution in [2.45, 2.75) is 56.8 Å². The number of nitrogens with one attached hydrogen (secondary N) is 1. The Balaban J connectivity index is 1.61. The summed E-state index contributed by atoms with van der Waals surface area (Å²) in [5.41, 5.74) is 2.72. The molecule has 2 aliphatic rings. The van der Waals surface area contributed by atoms with Gasteiger partial charge in [-0.15, -0.1) is 0 Å². The first-order valence-electron chi connectivity index (χ1n) is 7.95. The molecule has 3 nitrogen and oxygen atoms in total. The van der Waals surface area contributed by atoms with Crippen LogP contribution in [0.15, 0.2) is 24.3 Å². The second-order valence-electron chi connectivity index (χ2n) is 6.03. The summed E-state index contributed by atoms with van der Waals surface area (Å²) < 4.78 is 5.92. The monoisotopic (exact) mass is 275 g/mol. The molecule has 1 heterocycles. The molecular formula is C17H25NO2. The van der Waals surface area contributed by atoms with Gasteiger partial charge in [-0.3, -0.25) is 0 Å². The predicted octanol–water partition coefficient (Wildman–Crippen LogP) is 2.58. The summed E-state index contributed by atoms with van der Waals surface area (Å²) in [5, 5.41) is 13.7. The Morgan fingerprint density at radius 2 is 2.00 bits per heavy atom. The molecule has 20 heavy (non-hydrogen) atoms. The topological polar surface area (TPSA) is 41.5 Å². The summed E-state index contributed by atoms with van der Waals surface area (Å²) in [4.78, 5) is 0. The van der Waals surface area contributed by atoms with Crippen molar-refractivity contribution in [2.24, 2.45) is 0 Å². The highest BCUT2D eigenvalue weighted by Crippen LogP contribution is 2.27. The van der Waals surface area contributed by atoms with E-state index < -0.39 is 0 Å². The highest BCUT2D eigenvalue weighted by Gasteiger charge is 2.25. The number of aliphatic hydroxyl groups excluding tert-OH is 1. The minimum absolute atomic E-state index is 0.135. The van der Waals surface area contributed by atoms with Crippen molar-refractivity contribution in [3.63, 3.8) is 0 Å². The first-order valence-corrected chi connectivity index (χ1v) is 7.95. The van der Waals surface area contributed by atoms with Gasteiger partial charge in [0.05, 0.1) is 18.8 Å². The van der Waals surface area contributed by atoms with Crippen LogP contribution < -0.4 is 5.32 Å². The molecule has 3 unspecified atom stereocenters. The Morgan fingerprint density at radius 1 is 1.15 bits per heavy atom. The van der Waals surface area contributed by atoms with Crippen LogP contribution >= 0.6 is 0 Å². The Morgan fingerprint density at radius 3 is 2.95 bits per heavy atom. The van der Waals surface area contributed by atoms with E-state index in [0.717, 1.165) is 38.8 Å². The third-order valence-electron chi connectivity index (χ3n) is 4.64. The maximum Gasteiger partial charge on any atom is 0.0952 e. The third kappa shape index (κ3) is 3.22. The first-order chi connectivity index (χ1) is 9.84. The minimum atomic E-state index is -0.198. The van der Waals surface area contributed by atoms with E-state index in [9.17, 15) is 5.11 Å². The van der Waals surface area contributed by atoms with E-state index in [1.54, 1.807) is 0 Å². The van der Waals surface area contributed by atoms with Gasteiger partial charge >= 0.3 is 0 Å². The molecule has 0 saturated heterocycles. The van der Waals surface area contributed by atoms with Crippen LogP contribution in [0.5, 0.6) is 0 Å². The van der Waals surface area contributed by atoms with E-state index >= 15 is 0 Å². The second-order valence-corrected chi connectivity index (χ2v) is 6.03. The van der Waals surface area contributed by atoms with Crippen molar-refractivity contribution in [1.82, 2.24) is 5.32 Å². The maximum atomic E-state index is 10.2. The number of hydrogen-bond acceptors (Lipinski definition) is 3. The average Bonchev–Trinajstić information content (AvgIpc) is 2.69. The molecule has 110 valence electrons. The fourth-order valence-corrected chi connectivity index (χ4v) is 3.43. The lowest BCUT2D eigenvalue weighted by Crippen LogP contribution is -2.42. The first kappa shape index (κ1) is 14.1. The Labute approximate surface area is 121 Å². The molecule has 1 aliphatic carbocycles. The quantitative estimate of drug-likeness (QED) is 0.833. The lowest BCUT2D eigenvalue weighted by atomic mass is 9.97. The van der Waals surface area contributed by atoms with Gasteiger partial charge in [0.25, 0.3) is 0 Å². The van der Waals surface area contributed by atoms with Crippen LogP contribution in [0.25, 0.3) is 0 Å². The fourth-order valence-electron chi connectivity index (χ4n) is 3.43. The van der Waals surface area contributed by atoms with E-state index in [-0.39, 0.29) is 18.2 Å². The molecule has 0 radical (unpaired) electrons. The van der Waals surface area contributed by atoms with Gasteiger partial charge in [-0.25, -0.2) is 0 Å². The van der Waals surface area contributed by atoms with E-state index in [1.807, 2.05) is 0 Å². The van der Waals surface area contributed by atoms with Gasteiger partial charge in [0.2, 0.25) is 0 Å². The number of fused-ring (bicyclic) bond motifs is 1. The zero-order valence-electron chi connectivity index (χ0n) is 12.1. The SMILES string of the molecule is OC1CCCCCC1NCC1OCCc2ccccc21. The largest absolute Gasteiger partial charge is 0.392 e. The van der Waals surface area contributed by atoms with Gasteiger partial charge in [0.1, 0.15) is 0 Å². The lowest BCUT2D eigenvalue weighted by molar-refractivity contribution is 0.0337. The van der Waals surface area contributed by atoms with Gasteiger partial charge in [-0.05, 0) is 30.4 Å². The van der Waals surface area contributed by atoms with Crippen molar-refractivity contribution in [3.8, 4) is 0 Å². The second kappa shape index (κ2) is 6.70. The Bertz CT molecular complexity index is 435. The van der Waals surface area contributed by atoms with Crippen molar-refractivity contribution < 1.29 is 9.84 Å². The van der Waals surface area contributed by atoms with Crippen LogP contribution in [-0.4, -0.2) is 30.4 Å². The molecule has 0 aromatic heterocycles. The van der Waals surface area contributed by atoms with Gasteiger partial charge in [-0.1, -0.05) is 43.5 Å². The molecular weight excluding hydrogens is 250 g/mol. The highest BCUT2D eigenvalue weighted by molar-refractivity contribution is 5.31. The Kier molecular flexibility index (Phi) is 4.71. The molecule has 1 aromatic rings. The van der Waals surface area contributed by atoms with Crippen LogP contribution in [0.4, 0.5) is 0 Å². The molecule has 0 spiro atoms. The van der Waals surface area contributed by atoms with Crippen molar-refractivity contribution in [2.75, 3.05) is 13.2 Å². The summed E-state index contributed by atoms with van der Waals surface area (Å²) in [6.45, 7) is 1.61. The number of hydrogen-bond donors (Lipinski definition) is 2. The number of benzene rings is 1. The summed E-state index contributed by atoms with van der Waals surface area (Å²) in [6.07, 6.45) is 6.58. The standard InChI is InChI=1S/C17H25NO2/c19-16-9-3-1-2-8-15(16)18-12-17-14-7-5-4-6-13(14)10-11-20-17/h4-7,15-19H,1-3,8-12H2.